The largest absolute Gasteiger partial charge is 0.384 e. The summed E-state index contributed by atoms with van der Waals surface area (Å²) >= 11 is 1.69. The van der Waals surface area contributed by atoms with Gasteiger partial charge < -0.3 is 10.6 Å². The van der Waals surface area contributed by atoms with Crippen LogP contribution in [0.1, 0.15) is 28.4 Å². The molecule has 1 unspecified atom stereocenters. The van der Waals surface area contributed by atoms with Gasteiger partial charge in [-0.3, -0.25) is 4.79 Å². The maximum Gasteiger partial charge on any atom is 0.251 e. The smallest absolute Gasteiger partial charge is 0.251 e. The molecule has 1 aliphatic rings. The highest BCUT2D eigenvalue weighted by Gasteiger charge is 2.15. The first-order chi connectivity index (χ1) is 9.72. The summed E-state index contributed by atoms with van der Waals surface area (Å²) in [6, 6.07) is 8.16. The van der Waals surface area contributed by atoms with Crippen molar-refractivity contribution in [3.05, 3.63) is 51.7 Å². The van der Waals surface area contributed by atoms with Crippen LogP contribution in [0, 0.1) is 0 Å². The van der Waals surface area contributed by atoms with Crippen LogP contribution in [-0.4, -0.2) is 18.5 Å². The van der Waals surface area contributed by atoms with E-state index in [0.29, 0.717) is 0 Å². The fourth-order valence-corrected chi connectivity index (χ4v) is 3.23. The number of rotatable bonds is 4. The number of hydrogen-bond donors (Lipinski definition) is 2. The Morgan fingerprint density at radius 3 is 3.15 bits per heavy atom. The molecule has 20 heavy (non-hydrogen) atoms. The summed E-state index contributed by atoms with van der Waals surface area (Å²) in [5.41, 5.74) is 4.41. The molecule has 1 atom stereocenters. The van der Waals surface area contributed by atoms with E-state index in [2.05, 4.69) is 27.5 Å². The number of amides is 1. The van der Waals surface area contributed by atoms with E-state index in [9.17, 15) is 4.79 Å². The molecule has 104 valence electrons. The monoisotopic (exact) mass is 286 g/mol. The molecule has 0 saturated carbocycles. The second-order valence-electron chi connectivity index (χ2n) is 5.26. The highest BCUT2D eigenvalue weighted by atomic mass is 32.1. The lowest BCUT2D eigenvalue weighted by atomic mass is 10.1. The lowest BCUT2D eigenvalue weighted by molar-refractivity contribution is 0.0940. The molecule has 1 aromatic heterocycles. The van der Waals surface area contributed by atoms with Crippen LogP contribution in [-0.2, 0) is 12.8 Å². The lowest BCUT2D eigenvalue weighted by Crippen LogP contribution is -2.34. The minimum atomic E-state index is 0.00392. The number of thiophene rings is 1. The average molecular weight is 286 g/mol. The van der Waals surface area contributed by atoms with Crippen LogP contribution in [0.3, 0.4) is 0 Å². The molecule has 1 aromatic carbocycles. The lowest BCUT2D eigenvalue weighted by Gasteiger charge is -2.13. The molecule has 0 bridgehead atoms. The van der Waals surface area contributed by atoms with Gasteiger partial charge in [0.25, 0.3) is 5.91 Å². The van der Waals surface area contributed by atoms with Gasteiger partial charge >= 0.3 is 0 Å². The quantitative estimate of drug-likeness (QED) is 0.907. The molecule has 0 spiro atoms. The molecule has 2 aromatic rings. The summed E-state index contributed by atoms with van der Waals surface area (Å²) in [4.78, 5) is 12.2. The van der Waals surface area contributed by atoms with Gasteiger partial charge in [0.2, 0.25) is 0 Å². The van der Waals surface area contributed by atoms with Crippen molar-refractivity contribution in [1.29, 1.82) is 0 Å². The van der Waals surface area contributed by atoms with E-state index in [-0.39, 0.29) is 11.9 Å². The number of carbonyl (C=O) groups is 1. The van der Waals surface area contributed by atoms with Crippen LogP contribution in [0.4, 0.5) is 5.69 Å². The molecule has 0 radical (unpaired) electrons. The maximum absolute atomic E-state index is 12.2. The molecule has 4 heteroatoms. The Kier molecular flexibility index (Phi) is 3.74. The van der Waals surface area contributed by atoms with Crippen molar-refractivity contribution >= 4 is 22.9 Å². The molecular formula is C16H18N2OS. The van der Waals surface area contributed by atoms with E-state index < -0.39 is 0 Å². The molecule has 3 rings (SSSR count). The van der Waals surface area contributed by atoms with E-state index in [0.717, 1.165) is 30.6 Å². The van der Waals surface area contributed by atoms with Gasteiger partial charge in [-0.2, -0.15) is 11.3 Å². The zero-order chi connectivity index (χ0) is 13.9. The van der Waals surface area contributed by atoms with Crippen LogP contribution in [0.2, 0.25) is 0 Å². The Morgan fingerprint density at radius 2 is 2.35 bits per heavy atom. The summed E-state index contributed by atoms with van der Waals surface area (Å²) in [6.07, 6.45) is 1.92. The predicted octanol–water partition coefficient (Wildman–Crippen LogP) is 3.08. The summed E-state index contributed by atoms with van der Waals surface area (Å²) in [6.45, 7) is 3.01. The Morgan fingerprint density at radius 1 is 1.45 bits per heavy atom. The fraction of sp³-hybridized carbons (Fsp3) is 0.312. The van der Waals surface area contributed by atoms with Gasteiger partial charge in [-0.25, -0.2) is 0 Å². The Bertz CT molecular complexity index is 607. The van der Waals surface area contributed by atoms with Gasteiger partial charge in [-0.05, 0) is 59.9 Å². The van der Waals surface area contributed by atoms with Crippen LogP contribution in [0.25, 0.3) is 0 Å². The van der Waals surface area contributed by atoms with Crippen LogP contribution in [0.15, 0.2) is 35.0 Å². The van der Waals surface area contributed by atoms with Crippen molar-refractivity contribution < 1.29 is 4.79 Å². The molecule has 0 aliphatic carbocycles. The second kappa shape index (κ2) is 5.67. The van der Waals surface area contributed by atoms with Crippen molar-refractivity contribution in [1.82, 2.24) is 5.32 Å². The molecule has 0 saturated heterocycles. The summed E-state index contributed by atoms with van der Waals surface area (Å²) in [5.74, 6) is 0.00392. The Hall–Kier alpha value is -1.81. The van der Waals surface area contributed by atoms with Gasteiger partial charge in [0.05, 0.1) is 0 Å². The Labute approximate surface area is 123 Å². The van der Waals surface area contributed by atoms with Crippen LogP contribution in [0.5, 0.6) is 0 Å². The zero-order valence-corrected chi connectivity index (χ0v) is 12.3. The normalized spacial score (nSPS) is 14.4. The average Bonchev–Trinajstić information content (AvgIpc) is 3.07. The topological polar surface area (TPSA) is 41.1 Å². The number of hydrogen-bond acceptors (Lipinski definition) is 3. The van der Waals surface area contributed by atoms with E-state index in [1.54, 1.807) is 11.3 Å². The first-order valence-corrected chi connectivity index (χ1v) is 7.85. The number of fused-ring (bicyclic) bond motifs is 1. The third kappa shape index (κ3) is 2.85. The minimum absolute atomic E-state index is 0.00392. The van der Waals surface area contributed by atoms with Crippen molar-refractivity contribution in [3.8, 4) is 0 Å². The molecule has 1 amide bonds. The van der Waals surface area contributed by atoms with Crippen LogP contribution >= 0.6 is 11.3 Å². The standard InChI is InChI=1S/C16H18N2OS/c1-11(8-12-5-7-20-10-12)18-16(19)14-3-2-13-4-6-17-15(13)9-14/h2-3,5,7,9-11,17H,4,6,8H2,1H3,(H,18,19). The van der Waals surface area contributed by atoms with Gasteiger partial charge in [0.15, 0.2) is 0 Å². The summed E-state index contributed by atoms with van der Waals surface area (Å²) in [5, 5.41) is 10.6. The predicted molar refractivity (Wildman–Crippen MR) is 83.6 cm³/mol. The number of carbonyl (C=O) groups excluding carboxylic acids is 1. The molecule has 1 aliphatic heterocycles. The molecule has 0 fully saturated rings. The fourth-order valence-electron chi connectivity index (χ4n) is 2.55. The van der Waals surface area contributed by atoms with E-state index >= 15 is 0 Å². The van der Waals surface area contributed by atoms with Crippen molar-refractivity contribution in [2.24, 2.45) is 0 Å². The van der Waals surface area contributed by atoms with E-state index in [1.165, 1.54) is 11.1 Å². The summed E-state index contributed by atoms with van der Waals surface area (Å²) < 4.78 is 0. The van der Waals surface area contributed by atoms with Gasteiger partial charge in [-0.1, -0.05) is 6.07 Å². The molecular weight excluding hydrogens is 268 g/mol. The number of nitrogens with one attached hydrogen (secondary N) is 2. The maximum atomic E-state index is 12.2. The van der Waals surface area contributed by atoms with Gasteiger partial charge in [-0.15, -0.1) is 0 Å². The van der Waals surface area contributed by atoms with E-state index in [4.69, 9.17) is 0 Å². The molecule has 3 nitrogen and oxygen atoms in total. The summed E-state index contributed by atoms with van der Waals surface area (Å²) in [7, 11) is 0. The zero-order valence-electron chi connectivity index (χ0n) is 11.5. The van der Waals surface area contributed by atoms with Crippen molar-refractivity contribution in [3.63, 3.8) is 0 Å². The Balaban J connectivity index is 1.64. The van der Waals surface area contributed by atoms with Crippen molar-refractivity contribution in [2.75, 3.05) is 11.9 Å². The van der Waals surface area contributed by atoms with Gasteiger partial charge in [0, 0.05) is 23.8 Å². The van der Waals surface area contributed by atoms with E-state index in [1.807, 2.05) is 25.1 Å². The SMILES string of the molecule is CC(Cc1ccsc1)NC(=O)c1ccc2c(c1)NCC2. The molecule has 2 N–H and O–H groups in total. The van der Waals surface area contributed by atoms with Crippen molar-refractivity contribution in [2.45, 2.75) is 25.8 Å². The first kappa shape index (κ1) is 13.2. The third-order valence-corrected chi connectivity index (χ3v) is 4.31. The second-order valence-corrected chi connectivity index (χ2v) is 6.04. The molecule has 2 heterocycles. The third-order valence-electron chi connectivity index (χ3n) is 3.58. The van der Waals surface area contributed by atoms with Gasteiger partial charge in [0.1, 0.15) is 0 Å². The minimum Gasteiger partial charge on any atom is -0.384 e. The number of anilines is 1. The first-order valence-electron chi connectivity index (χ1n) is 6.91. The number of benzene rings is 1. The van der Waals surface area contributed by atoms with Crippen LogP contribution < -0.4 is 10.6 Å². The highest BCUT2D eigenvalue weighted by Crippen LogP contribution is 2.23. The highest BCUT2D eigenvalue weighted by molar-refractivity contribution is 7.07.